The number of fused-ring (bicyclic) bond motifs is 1. The SMILES string of the molecule is CCC1C2CC/C=C/C(OC(=O)OC)CC2C(C)C1(OC)OC. The molecule has 0 spiro atoms. The predicted octanol–water partition coefficient (Wildman–Crippen LogP) is 3.78. The molecule has 0 amide bonds. The highest BCUT2D eigenvalue weighted by Crippen LogP contribution is 2.55. The Balaban J connectivity index is 2.27. The van der Waals surface area contributed by atoms with Crippen LogP contribution in [0.3, 0.4) is 0 Å². The van der Waals surface area contributed by atoms with E-state index in [4.69, 9.17) is 14.2 Å². The van der Waals surface area contributed by atoms with Gasteiger partial charge in [0.1, 0.15) is 6.10 Å². The molecular formula is C18H30O5. The number of rotatable bonds is 4. The molecule has 2 rings (SSSR count). The van der Waals surface area contributed by atoms with Gasteiger partial charge in [-0.3, -0.25) is 0 Å². The first-order chi connectivity index (χ1) is 11.0. The summed E-state index contributed by atoms with van der Waals surface area (Å²) in [5, 5.41) is 0. The van der Waals surface area contributed by atoms with Gasteiger partial charge >= 0.3 is 6.16 Å². The average molecular weight is 326 g/mol. The second kappa shape index (κ2) is 7.67. The van der Waals surface area contributed by atoms with E-state index in [1.165, 1.54) is 7.11 Å². The summed E-state index contributed by atoms with van der Waals surface area (Å²) < 4.78 is 21.9. The van der Waals surface area contributed by atoms with Gasteiger partial charge in [0.15, 0.2) is 5.79 Å². The van der Waals surface area contributed by atoms with Crippen LogP contribution in [0.2, 0.25) is 0 Å². The van der Waals surface area contributed by atoms with Gasteiger partial charge in [-0.25, -0.2) is 4.79 Å². The van der Waals surface area contributed by atoms with E-state index in [2.05, 4.69) is 24.7 Å². The van der Waals surface area contributed by atoms with Crippen molar-refractivity contribution in [1.82, 2.24) is 0 Å². The lowest BCUT2D eigenvalue weighted by atomic mass is 9.78. The van der Waals surface area contributed by atoms with Crippen molar-refractivity contribution in [3.63, 3.8) is 0 Å². The van der Waals surface area contributed by atoms with Gasteiger partial charge in [0.2, 0.25) is 0 Å². The van der Waals surface area contributed by atoms with E-state index in [1.807, 2.05) is 6.08 Å². The van der Waals surface area contributed by atoms with Crippen LogP contribution in [0.5, 0.6) is 0 Å². The summed E-state index contributed by atoms with van der Waals surface area (Å²) in [7, 11) is 4.81. The Morgan fingerprint density at radius 3 is 2.48 bits per heavy atom. The second-order valence-corrected chi connectivity index (χ2v) is 6.61. The molecule has 2 aliphatic carbocycles. The molecule has 2 aliphatic rings. The van der Waals surface area contributed by atoms with Crippen LogP contribution in [0.1, 0.15) is 39.5 Å². The molecule has 1 fully saturated rings. The number of methoxy groups -OCH3 is 3. The number of allylic oxidation sites excluding steroid dienone is 1. The molecule has 1 saturated carbocycles. The summed E-state index contributed by atoms with van der Waals surface area (Å²) in [5.41, 5.74) is 0. The third kappa shape index (κ3) is 3.26. The largest absolute Gasteiger partial charge is 0.508 e. The molecule has 5 nitrogen and oxygen atoms in total. The third-order valence-corrected chi connectivity index (χ3v) is 5.87. The Morgan fingerprint density at radius 1 is 1.22 bits per heavy atom. The van der Waals surface area contributed by atoms with Crippen molar-refractivity contribution in [3.8, 4) is 0 Å². The Labute approximate surface area is 139 Å². The van der Waals surface area contributed by atoms with Crippen molar-refractivity contribution in [1.29, 1.82) is 0 Å². The monoisotopic (exact) mass is 326 g/mol. The quantitative estimate of drug-likeness (QED) is 0.447. The molecule has 0 radical (unpaired) electrons. The molecule has 5 atom stereocenters. The van der Waals surface area contributed by atoms with E-state index in [9.17, 15) is 4.79 Å². The zero-order chi connectivity index (χ0) is 17.0. The number of carbonyl (C=O) groups excluding carboxylic acids is 1. The van der Waals surface area contributed by atoms with Crippen LogP contribution in [0.25, 0.3) is 0 Å². The molecule has 5 heteroatoms. The molecule has 0 saturated heterocycles. The molecule has 0 heterocycles. The fourth-order valence-corrected chi connectivity index (χ4v) is 4.89. The van der Waals surface area contributed by atoms with Crippen molar-refractivity contribution >= 4 is 6.16 Å². The minimum Gasteiger partial charge on any atom is -0.438 e. The van der Waals surface area contributed by atoms with Gasteiger partial charge in [-0.2, -0.15) is 0 Å². The fraction of sp³-hybridized carbons (Fsp3) is 0.833. The first-order valence-corrected chi connectivity index (χ1v) is 8.55. The van der Waals surface area contributed by atoms with Gasteiger partial charge in [0.25, 0.3) is 0 Å². The third-order valence-electron chi connectivity index (χ3n) is 5.87. The van der Waals surface area contributed by atoms with Crippen LogP contribution in [-0.2, 0) is 18.9 Å². The Hall–Kier alpha value is -1.07. The molecule has 132 valence electrons. The predicted molar refractivity (Wildman–Crippen MR) is 86.9 cm³/mol. The number of ether oxygens (including phenoxy) is 4. The van der Waals surface area contributed by atoms with Gasteiger partial charge in [-0.15, -0.1) is 0 Å². The lowest BCUT2D eigenvalue weighted by molar-refractivity contribution is -0.255. The Bertz CT molecular complexity index is 429. The van der Waals surface area contributed by atoms with Gasteiger partial charge in [0.05, 0.1) is 7.11 Å². The maximum absolute atomic E-state index is 11.5. The smallest absolute Gasteiger partial charge is 0.438 e. The molecule has 0 aromatic rings. The summed E-state index contributed by atoms with van der Waals surface area (Å²) >= 11 is 0. The summed E-state index contributed by atoms with van der Waals surface area (Å²) in [6.45, 7) is 4.39. The molecule has 23 heavy (non-hydrogen) atoms. The molecule has 0 aromatic carbocycles. The lowest BCUT2D eigenvalue weighted by Crippen LogP contribution is -2.44. The summed E-state index contributed by atoms with van der Waals surface area (Å²) in [6.07, 6.45) is 7.11. The Morgan fingerprint density at radius 2 is 1.91 bits per heavy atom. The molecule has 5 unspecified atom stereocenters. The van der Waals surface area contributed by atoms with Gasteiger partial charge < -0.3 is 18.9 Å². The molecule has 0 N–H and O–H groups in total. The first-order valence-electron chi connectivity index (χ1n) is 8.55. The van der Waals surface area contributed by atoms with E-state index < -0.39 is 11.9 Å². The normalized spacial score (nSPS) is 37.3. The Kier molecular flexibility index (Phi) is 6.09. The van der Waals surface area contributed by atoms with Crippen molar-refractivity contribution in [2.75, 3.05) is 21.3 Å². The maximum Gasteiger partial charge on any atom is 0.508 e. The molecule has 0 aromatic heterocycles. The van der Waals surface area contributed by atoms with E-state index >= 15 is 0 Å². The summed E-state index contributed by atoms with van der Waals surface area (Å²) in [5.74, 6) is 0.929. The molecule has 0 bridgehead atoms. The molecular weight excluding hydrogens is 296 g/mol. The van der Waals surface area contributed by atoms with E-state index in [0.717, 1.165) is 25.7 Å². The first kappa shape index (κ1) is 18.3. The minimum atomic E-state index is -0.626. The average Bonchev–Trinajstić information content (AvgIpc) is 2.76. The van der Waals surface area contributed by atoms with Crippen molar-refractivity contribution in [3.05, 3.63) is 12.2 Å². The summed E-state index contributed by atoms with van der Waals surface area (Å²) in [6, 6.07) is 0. The minimum absolute atomic E-state index is 0.239. The second-order valence-electron chi connectivity index (χ2n) is 6.61. The standard InChI is InChI=1S/C18H30O5/c1-6-16-14-10-8-7-9-13(23-17(19)20-3)11-15(14)12(2)18(16,21-4)22-5/h7,9,12-16H,6,8,10-11H2,1-5H3/b9-7+. The van der Waals surface area contributed by atoms with Crippen LogP contribution >= 0.6 is 0 Å². The van der Waals surface area contributed by atoms with Gasteiger partial charge in [0, 0.05) is 26.1 Å². The van der Waals surface area contributed by atoms with Crippen LogP contribution < -0.4 is 0 Å². The highest BCUT2D eigenvalue weighted by Gasteiger charge is 2.58. The topological polar surface area (TPSA) is 54.0 Å². The van der Waals surface area contributed by atoms with E-state index in [0.29, 0.717) is 17.8 Å². The number of carbonyl (C=O) groups is 1. The maximum atomic E-state index is 11.5. The van der Waals surface area contributed by atoms with Crippen LogP contribution in [0.15, 0.2) is 12.2 Å². The van der Waals surface area contributed by atoms with Gasteiger partial charge in [-0.1, -0.05) is 19.9 Å². The highest BCUT2D eigenvalue weighted by atomic mass is 16.7. The van der Waals surface area contributed by atoms with Gasteiger partial charge in [-0.05, 0) is 43.6 Å². The lowest BCUT2D eigenvalue weighted by Gasteiger charge is -2.37. The zero-order valence-electron chi connectivity index (χ0n) is 14.9. The highest BCUT2D eigenvalue weighted by molar-refractivity contribution is 5.60. The van der Waals surface area contributed by atoms with Crippen LogP contribution in [-0.4, -0.2) is 39.4 Å². The van der Waals surface area contributed by atoms with E-state index in [1.54, 1.807) is 14.2 Å². The molecule has 0 aliphatic heterocycles. The number of hydrogen-bond acceptors (Lipinski definition) is 5. The van der Waals surface area contributed by atoms with Crippen LogP contribution in [0, 0.1) is 23.7 Å². The summed E-state index contributed by atoms with van der Waals surface area (Å²) in [4.78, 5) is 11.5. The van der Waals surface area contributed by atoms with Crippen molar-refractivity contribution < 1.29 is 23.7 Å². The fourth-order valence-electron chi connectivity index (χ4n) is 4.89. The van der Waals surface area contributed by atoms with Crippen molar-refractivity contribution in [2.45, 2.75) is 51.4 Å². The zero-order valence-corrected chi connectivity index (χ0v) is 14.9. The van der Waals surface area contributed by atoms with Crippen molar-refractivity contribution in [2.24, 2.45) is 23.7 Å². The van der Waals surface area contributed by atoms with E-state index in [-0.39, 0.29) is 12.0 Å². The van der Waals surface area contributed by atoms with Crippen LogP contribution in [0.4, 0.5) is 4.79 Å². The number of hydrogen-bond donors (Lipinski definition) is 0.